The van der Waals surface area contributed by atoms with Crippen molar-refractivity contribution in [2.75, 3.05) is 13.2 Å². The van der Waals surface area contributed by atoms with Crippen molar-refractivity contribution in [3.05, 3.63) is 29.8 Å². The summed E-state index contributed by atoms with van der Waals surface area (Å²) >= 11 is 0. The minimum absolute atomic E-state index is 0.0360. The van der Waals surface area contributed by atoms with Gasteiger partial charge in [0.25, 0.3) is 5.91 Å². The fourth-order valence-corrected chi connectivity index (χ4v) is 4.08. The van der Waals surface area contributed by atoms with Gasteiger partial charge in [0.15, 0.2) is 5.78 Å². The van der Waals surface area contributed by atoms with Gasteiger partial charge >= 0.3 is 6.03 Å². The number of ketones is 1. The SMILES string of the molecule is CC(=O)c1ccc(OC[C@H](O)CN2C(=O)N[C@](C)(C3CCCCC3)C2=O)cc1. The third-order valence-corrected chi connectivity index (χ3v) is 5.82. The summed E-state index contributed by atoms with van der Waals surface area (Å²) in [5.41, 5.74) is -0.310. The molecular weight excluding hydrogens is 360 g/mol. The number of amides is 3. The van der Waals surface area contributed by atoms with Crippen LogP contribution in [-0.4, -0.2) is 52.5 Å². The first-order chi connectivity index (χ1) is 13.3. The molecule has 0 radical (unpaired) electrons. The second-order valence-electron chi connectivity index (χ2n) is 7.93. The fraction of sp³-hybridized carbons (Fsp3) is 0.571. The van der Waals surface area contributed by atoms with Crippen LogP contribution in [0.25, 0.3) is 0 Å². The highest BCUT2D eigenvalue weighted by Gasteiger charge is 2.52. The molecule has 2 N–H and O–H groups in total. The summed E-state index contributed by atoms with van der Waals surface area (Å²) in [6.45, 7) is 3.11. The van der Waals surface area contributed by atoms with Crippen LogP contribution in [0, 0.1) is 5.92 Å². The molecule has 2 fully saturated rings. The number of β-amino-alcohol motifs (C(OH)–C–C–N with tert-alkyl or cyclic N) is 1. The Kier molecular flexibility index (Phi) is 6.03. The van der Waals surface area contributed by atoms with Crippen LogP contribution in [0.5, 0.6) is 5.75 Å². The molecule has 1 aliphatic heterocycles. The highest BCUT2D eigenvalue weighted by Crippen LogP contribution is 2.36. The molecule has 1 saturated heterocycles. The number of hydrogen-bond donors (Lipinski definition) is 2. The number of hydrogen-bond acceptors (Lipinski definition) is 5. The summed E-state index contributed by atoms with van der Waals surface area (Å²) < 4.78 is 5.52. The van der Waals surface area contributed by atoms with Gasteiger partial charge in [-0.05, 0) is 56.9 Å². The zero-order valence-electron chi connectivity index (χ0n) is 16.4. The summed E-state index contributed by atoms with van der Waals surface area (Å²) in [5.74, 6) is 0.338. The van der Waals surface area contributed by atoms with Gasteiger partial charge in [0.05, 0.1) is 6.54 Å². The van der Waals surface area contributed by atoms with Crippen molar-refractivity contribution in [1.29, 1.82) is 0 Å². The molecule has 1 heterocycles. The fourth-order valence-electron chi connectivity index (χ4n) is 4.08. The molecule has 1 aromatic carbocycles. The molecule has 0 spiro atoms. The van der Waals surface area contributed by atoms with Gasteiger partial charge in [0, 0.05) is 5.56 Å². The van der Waals surface area contributed by atoms with E-state index < -0.39 is 17.7 Å². The van der Waals surface area contributed by atoms with E-state index in [0.717, 1.165) is 30.6 Å². The van der Waals surface area contributed by atoms with Crippen LogP contribution in [0.3, 0.4) is 0 Å². The number of ether oxygens (including phenoxy) is 1. The lowest BCUT2D eigenvalue weighted by molar-refractivity contribution is -0.134. The highest BCUT2D eigenvalue weighted by molar-refractivity contribution is 6.07. The van der Waals surface area contributed by atoms with E-state index in [1.165, 1.54) is 13.3 Å². The van der Waals surface area contributed by atoms with Gasteiger partial charge in [0.1, 0.15) is 24.0 Å². The van der Waals surface area contributed by atoms with E-state index in [4.69, 9.17) is 4.74 Å². The summed E-state index contributed by atoms with van der Waals surface area (Å²) in [6, 6.07) is 6.14. The van der Waals surface area contributed by atoms with Crippen LogP contribution >= 0.6 is 0 Å². The maximum Gasteiger partial charge on any atom is 0.325 e. The Morgan fingerprint density at radius 1 is 1.25 bits per heavy atom. The number of nitrogens with one attached hydrogen (secondary N) is 1. The molecule has 7 nitrogen and oxygen atoms in total. The summed E-state index contributed by atoms with van der Waals surface area (Å²) in [6.07, 6.45) is 4.17. The lowest BCUT2D eigenvalue weighted by Crippen LogP contribution is -2.51. The third kappa shape index (κ3) is 4.19. The normalized spacial score (nSPS) is 24.2. The number of rotatable bonds is 7. The number of carbonyl (C=O) groups is 3. The second-order valence-corrected chi connectivity index (χ2v) is 7.93. The first-order valence-electron chi connectivity index (χ1n) is 9.87. The zero-order chi connectivity index (χ0) is 20.3. The molecule has 1 saturated carbocycles. The highest BCUT2D eigenvalue weighted by atomic mass is 16.5. The number of nitrogens with zero attached hydrogens (tertiary/aromatic N) is 1. The topological polar surface area (TPSA) is 95.9 Å². The largest absolute Gasteiger partial charge is 0.491 e. The summed E-state index contributed by atoms with van der Waals surface area (Å²) in [7, 11) is 0. The molecule has 0 bridgehead atoms. The van der Waals surface area contributed by atoms with Crippen molar-refractivity contribution >= 4 is 17.7 Å². The number of benzene rings is 1. The van der Waals surface area contributed by atoms with Crippen LogP contribution in [0.4, 0.5) is 4.79 Å². The van der Waals surface area contributed by atoms with Crippen LogP contribution < -0.4 is 10.1 Å². The standard InChI is InChI=1S/C21H28N2O5/c1-14(24)15-8-10-18(11-9-15)28-13-17(25)12-23-19(26)21(2,22-20(23)27)16-6-4-3-5-7-16/h8-11,16-17,25H,3-7,12-13H2,1-2H3,(H,22,27)/t17-,21-/m1/s1. The van der Waals surface area contributed by atoms with Gasteiger partial charge in [-0.3, -0.25) is 14.5 Å². The van der Waals surface area contributed by atoms with E-state index in [1.807, 2.05) is 0 Å². The van der Waals surface area contributed by atoms with Gasteiger partial charge in [-0.2, -0.15) is 0 Å². The number of urea groups is 1. The molecule has 2 aliphatic rings. The molecule has 2 atom stereocenters. The Hall–Kier alpha value is -2.41. The summed E-state index contributed by atoms with van der Waals surface area (Å²) in [4.78, 5) is 37.7. The molecule has 152 valence electrons. The molecule has 0 aromatic heterocycles. The Bertz CT molecular complexity index is 742. The van der Waals surface area contributed by atoms with E-state index in [0.29, 0.717) is 11.3 Å². The van der Waals surface area contributed by atoms with Gasteiger partial charge in [0.2, 0.25) is 0 Å². The van der Waals surface area contributed by atoms with Crippen LogP contribution in [0.1, 0.15) is 56.3 Å². The number of Topliss-reactive ketones (excluding diaryl/α,β-unsaturated/α-hetero) is 1. The van der Waals surface area contributed by atoms with E-state index in [9.17, 15) is 19.5 Å². The molecule has 0 unspecified atom stereocenters. The minimum atomic E-state index is -1.00. The maximum absolute atomic E-state index is 12.9. The first-order valence-corrected chi connectivity index (χ1v) is 9.87. The van der Waals surface area contributed by atoms with Crippen molar-refractivity contribution in [3.8, 4) is 5.75 Å². The molecule has 28 heavy (non-hydrogen) atoms. The van der Waals surface area contributed by atoms with E-state index in [1.54, 1.807) is 31.2 Å². The van der Waals surface area contributed by atoms with Crippen LogP contribution in [0.15, 0.2) is 24.3 Å². The lowest BCUT2D eigenvalue weighted by Gasteiger charge is -2.34. The van der Waals surface area contributed by atoms with Gasteiger partial charge in [-0.25, -0.2) is 4.79 Å². The van der Waals surface area contributed by atoms with E-state index in [2.05, 4.69) is 5.32 Å². The van der Waals surface area contributed by atoms with Crippen molar-refractivity contribution in [2.45, 2.75) is 57.6 Å². The number of imide groups is 1. The lowest BCUT2D eigenvalue weighted by atomic mass is 9.75. The Balaban J connectivity index is 1.56. The molecular formula is C21H28N2O5. The number of aliphatic hydroxyl groups excluding tert-OH is 1. The van der Waals surface area contributed by atoms with E-state index in [-0.39, 0.29) is 30.8 Å². The van der Waals surface area contributed by atoms with Crippen molar-refractivity contribution in [1.82, 2.24) is 10.2 Å². The summed E-state index contributed by atoms with van der Waals surface area (Å²) in [5, 5.41) is 13.1. The monoisotopic (exact) mass is 388 g/mol. The third-order valence-electron chi connectivity index (χ3n) is 5.82. The van der Waals surface area contributed by atoms with Crippen LogP contribution in [-0.2, 0) is 4.79 Å². The second kappa shape index (κ2) is 8.31. The molecule has 7 heteroatoms. The quantitative estimate of drug-likeness (QED) is 0.553. The molecule has 1 aliphatic carbocycles. The van der Waals surface area contributed by atoms with Gasteiger partial charge in [-0.1, -0.05) is 19.3 Å². The Labute approximate surface area is 165 Å². The van der Waals surface area contributed by atoms with Crippen molar-refractivity contribution < 1.29 is 24.2 Å². The van der Waals surface area contributed by atoms with E-state index >= 15 is 0 Å². The van der Waals surface area contributed by atoms with Crippen molar-refractivity contribution in [3.63, 3.8) is 0 Å². The molecule has 1 aromatic rings. The van der Waals surface area contributed by atoms with Gasteiger partial charge < -0.3 is 15.2 Å². The predicted molar refractivity (Wildman–Crippen MR) is 103 cm³/mol. The molecule has 3 amide bonds. The average Bonchev–Trinajstić information content (AvgIpc) is 2.91. The predicted octanol–water partition coefficient (Wildman–Crippen LogP) is 2.52. The van der Waals surface area contributed by atoms with Crippen molar-refractivity contribution in [2.24, 2.45) is 5.92 Å². The minimum Gasteiger partial charge on any atom is -0.491 e. The number of aliphatic hydroxyl groups is 1. The van der Waals surface area contributed by atoms with Gasteiger partial charge in [-0.15, -0.1) is 0 Å². The number of carbonyl (C=O) groups excluding carboxylic acids is 3. The zero-order valence-corrected chi connectivity index (χ0v) is 16.4. The molecule has 3 rings (SSSR count). The smallest absolute Gasteiger partial charge is 0.325 e. The Morgan fingerprint density at radius 3 is 2.50 bits per heavy atom. The van der Waals surface area contributed by atoms with Crippen LogP contribution in [0.2, 0.25) is 0 Å². The first kappa shape index (κ1) is 20.3. The maximum atomic E-state index is 12.9. The Morgan fingerprint density at radius 2 is 1.89 bits per heavy atom. The average molecular weight is 388 g/mol.